The van der Waals surface area contributed by atoms with Crippen molar-refractivity contribution in [1.82, 2.24) is 0 Å². The van der Waals surface area contributed by atoms with Gasteiger partial charge in [-0.3, -0.25) is 4.79 Å². The summed E-state index contributed by atoms with van der Waals surface area (Å²) in [5, 5.41) is 9.44. The zero-order chi connectivity index (χ0) is 14.8. The number of hydrogen-bond donors (Lipinski definition) is 2. The number of hydrogen-bond acceptors (Lipinski definition) is 2. The van der Waals surface area contributed by atoms with Crippen LogP contribution in [0.3, 0.4) is 0 Å². The Morgan fingerprint density at radius 3 is 2.32 bits per heavy atom. The van der Waals surface area contributed by atoms with Gasteiger partial charge in [0.2, 0.25) is 0 Å². The van der Waals surface area contributed by atoms with Crippen molar-refractivity contribution in [3.63, 3.8) is 0 Å². The standard InChI is InChI=1S/C16H25NO2/c1-10(2)8-13(15(18)19)12-9-11(16(3,4)5)6-7-14(12)17/h6-7,9-10,13H,8,17H2,1-5H3,(H,18,19). The SMILES string of the molecule is CC(C)CC(C(=O)O)c1cc(C(C)(C)C)ccc1N. The molecule has 3 N–H and O–H groups in total. The average molecular weight is 263 g/mol. The van der Waals surface area contributed by atoms with E-state index in [1.807, 2.05) is 32.0 Å². The van der Waals surface area contributed by atoms with Gasteiger partial charge in [0.25, 0.3) is 0 Å². The van der Waals surface area contributed by atoms with Crippen LogP contribution < -0.4 is 5.73 Å². The zero-order valence-corrected chi connectivity index (χ0v) is 12.5. The molecule has 0 saturated carbocycles. The van der Waals surface area contributed by atoms with Gasteiger partial charge in [-0.15, -0.1) is 0 Å². The van der Waals surface area contributed by atoms with Crippen molar-refractivity contribution in [1.29, 1.82) is 0 Å². The van der Waals surface area contributed by atoms with Crippen LogP contribution in [0.5, 0.6) is 0 Å². The van der Waals surface area contributed by atoms with Crippen LogP contribution >= 0.6 is 0 Å². The second kappa shape index (κ2) is 5.64. The molecule has 0 radical (unpaired) electrons. The van der Waals surface area contributed by atoms with Crippen LogP contribution in [0.1, 0.15) is 58.1 Å². The lowest BCUT2D eigenvalue weighted by atomic mass is 9.82. The van der Waals surface area contributed by atoms with Gasteiger partial charge in [-0.2, -0.15) is 0 Å². The number of rotatable bonds is 4. The monoisotopic (exact) mass is 263 g/mol. The Bertz CT molecular complexity index is 458. The van der Waals surface area contributed by atoms with E-state index < -0.39 is 11.9 Å². The Labute approximate surface area is 115 Å². The molecule has 1 rings (SSSR count). The van der Waals surface area contributed by atoms with Gasteiger partial charge >= 0.3 is 5.97 Å². The van der Waals surface area contributed by atoms with Gasteiger partial charge in [0.1, 0.15) is 0 Å². The molecule has 0 aliphatic rings. The molecule has 0 aromatic heterocycles. The summed E-state index contributed by atoms with van der Waals surface area (Å²) in [6, 6.07) is 5.76. The van der Waals surface area contributed by atoms with Crippen LogP contribution in [-0.4, -0.2) is 11.1 Å². The fraction of sp³-hybridized carbons (Fsp3) is 0.562. The molecule has 1 aromatic rings. The minimum absolute atomic E-state index is 0.0106. The van der Waals surface area contributed by atoms with Crippen molar-refractivity contribution in [2.24, 2.45) is 5.92 Å². The molecule has 0 amide bonds. The van der Waals surface area contributed by atoms with Crippen molar-refractivity contribution in [2.45, 2.75) is 52.4 Å². The van der Waals surface area contributed by atoms with E-state index in [2.05, 4.69) is 20.8 Å². The third-order valence-corrected chi connectivity index (χ3v) is 3.33. The molecule has 0 heterocycles. The summed E-state index contributed by atoms with van der Waals surface area (Å²) in [5.41, 5.74) is 8.41. The highest BCUT2D eigenvalue weighted by Crippen LogP contribution is 2.33. The first-order chi connectivity index (χ1) is 8.62. The lowest BCUT2D eigenvalue weighted by Crippen LogP contribution is -2.18. The summed E-state index contributed by atoms with van der Waals surface area (Å²) in [6.07, 6.45) is 0.604. The maximum absolute atomic E-state index is 11.5. The van der Waals surface area contributed by atoms with E-state index in [-0.39, 0.29) is 5.41 Å². The fourth-order valence-electron chi connectivity index (χ4n) is 2.18. The summed E-state index contributed by atoms with van der Waals surface area (Å²) in [7, 11) is 0. The molecule has 0 bridgehead atoms. The van der Waals surface area contributed by atoms with Crippen molar-refractivity contribution in [2.75, 3.05) is 5.73 Å². The number of aliphatic carboxylic acids is 1. The largest absolute Gasteiger partial charge is 0.481 e. The normalized spacial score (nSPS) is 13.6. The maximum atomic E-state index is 11.5. The minimum atomic E-state index is -0.800. The lowest BCUT2D eigenvalue weighted by molar-refractivity contribution is -0.139. The number of anilines is 1. The minimum Gasteiger partial charge on any atom is -0.481 e. The summed E-state index contributed by atoms with van der Waals surface area (Å²) in [4.78, 5) is 11.5. The number of nitrogens with two attached hydrogens (primary N) is 1. The van der Waals surface area contributed by atoms with Crippen LogP contribution in [0.4, 0.5) is 5.69 Å². The molecule has 19 heavy (non-hydrogen) atoms. The summed E-state index contributed by atoms with van der Waals surface area (Å²) >= 11 is 0. The van der Waals surface area contributed by atoms with Gasteiger partial charge in [0.15, 0.2) is 0 Å². The molecule has 106 valence electrons. The molecule has 0 spiro atoms. The Hall–Kier alpha value is -1.51. The number of benzene rings is 1. The Kier molecular flexibility index (Phi) is 4.61. The highest BCUT2D eigenvalue weighted by atomic mass is 16.4. The first-order valence-corrected chi connectivity index (χ1v) is 6.75. The van der Waals surface area contributed by atoms with Crippen LogP contribution in [0.2, 0.25) is 0 Å². The topological polar surface area (TPSA) is 63.3 Å². The molecular weight excluding hydrogens is 238 g/mol. The van der Waals surface area contributed by atoms with Gasteiger partial charge in [-0.25, -0.2) is 0 Å². The van der Waals surface area contributed by atoms with E-state index in [1.165, 1.54) is 0 Å². The number of nitrogen functional groups attached to an aromatic ring is 1. The third-order valence-electron chi connectivity index (χ3n) is 3.33. The second-order valence-corrected chi connectivity index (χ2v) is 6.61. The molecule has 0 aliphatic carbocycles. The van der Waals surface area contributed by atoms with E-state index in [4.69, 9.17) is 5.73 Å². The number of carboxylic acid groups (broad SMARTS) is 1. The highest BCUT2D eigenvalue weighted by Gasteiger charge is 2.25. The predicted octanol–water partition coefficient (Wildman–Crippen LogP) is 3.78. The van der Waals surface area contributed by atoms with Gasteiger partial charge in [0, 0.05) is 5.69 Å². The van der Waals surface area contributed by atoms with E-state index in [1.54, 1.807) is 0 Å². The Morgan fingerprint density at radius 2 is 1.89 bits per heavy atom. The van der Waals surface area contributed by atoms with Crippen molar-refractivity contribution in [3.8, 4) is 0 Å². The number of carbonyl (C=O) groups is 1. The summed E-state index contributed by atoms with van der Waals surface area (Å²) in [6.45, 7) is 10.4. The molecule has 1 unspecified atom stereocenters. The molecular formula is C16H25NO2. The van der Waals surface area contributed by atoms with Crippen LogP contribution in [0, 0.1) is 5.92 Å². The molecule has 1 aromatic carbocycles. The van der Waals surface area contributed by atoms with Gasteiger partial charge in [-0.05, 0) is 34.9 Å². The first-order valence-electron chi connectivity index (χ1n) is 6.75. The third kappa shape index (κ3) is 3.98. The van der Waals surface area contributed by atoms with Gasteiger partial charge < -0.3 is 10.8 Å². The molecule has 0 aliphatic heterocycles. The van der Waals surface area contributed by atoms with E-state index in [0.29, 0.717) is 18.0 Å². The van der Waals surface area contributed by atoms with E-state index in [0.717, 1.165) is 11.1 Å². The summed E-state index contributed by atoms with van der Waals surface area (Å²) in [5.74, 6) is -1.01. The van der Waals surface area contributed by atoms with Crippen molar-refractivity contribution in [3.05, 3.63) is 29.3 Å². The van der Waals surface area contributed by atoms with Crippen LogP contribution in [-0.2, 0) is 10.2 Å². The smallest absolute Gasteiger partial charge is 0.311 e. The quantitative estimate of drug-likeness (QED) is 0.812. The Morgan fingerprint density at radius 1 is 1.32 bits per heavy atom. The second-order valence-electron chi connectivity index (χ2n) is 6.61. The molecule has 3 nitrogen and oxygen atoms in total. The Balaban J connectivity index is 3.26. The molecule has 3 heteroatoms. The molecule has 1 atom stereocenters. The average Bonchev–Trinajstić information content (AvgIpc) is 2.24. The van der Waals surface area contributed by atoms with Crippen molar-refractivity contribution < 1.29 is 9.90 Å². The number of carboxylic acids is 1. The van der Waals surface area contributed by atoms with Gasteiger partial charge in [-0.1, -0.05) is 46.8 Å². The van der Waals surface area contributed by atoms with Crippen molar-refractivity contribution >= 4 is 11.7 Å². The highest BCUT2D eigenvalue weighted by molar-refractivity contribution is 5.78. The van der Waals surface area contributed by atoms with Crippen LogP contribution in [0.25, 0.3) is 0 Å². The van der Waals surface area contributed by atoms with Crippen LogP contribution in [0.15, 0.2) is 18.2 Å². The molecule has 0 fully saturated rings. The maximum Gasteiger partial charge on any atom is 0.311 e. The van der Waals surface area contributed by atoms with Gasteiger partial charge in [0.05, 0.1) is 5.92 Å². The summed E-state index contributed by atoms with van der Waals surface area (Å²) < 4.78 is 0. The lowest BCUT2D eigenvalue weighted by Gasteiger charge is -2.23. The first kappa shape index (κ1) is 15.5. The van der Waals surface area contributed by atoms with E-state index >= 15 is 0 Å². The predicted molar refractivity (Wildman–Crippen MR) is 79.4 cm³/mol. The van der Waals surface area contributed by atoms with E-state index in [9.17, 15) is 9.90 Å². The molecule has 0 saturated heterocycles. The fourth-order valence-corrected chi connectivity index (χ4v) is 2.18. The zero-order valence-electron chi connectivity index (χ0n) is 12.5.